The molecule has 0 atom stereocenters. The van der Waals surface area contributed by atoms with Crippen LogP contribution in [0.1, 0.15) is 5.56 Å². The number of halogens is 2. The standard InChI is InChI=1S/C13H16Cl2N2O/c1-16-5-7-17(8-6-16)13(18)9-10-11(14)3-2-4-12(10)15/h2-4H,5-9H2,1H3. The van der Waals surface area contributed by atoms with E-state index in [9.17, 15) is 4.79 Å². The minimum absolute atomic E-state index is 0.0955. The second kappa shape index (κ2) is 5.91. The normalized spacial score (nSPS) is 16.9. The Kier molecular flexibility index (Phi) is 4.49. The molecule has 0 spiro atoms. The average molecular weight is 287 g/mol. The molecule has 0 aromatic heterocycles. The van der Waals surface area contributed by atoms with Gasteiger partial charge in [-0.2, -0.15) is 0 Å². The molecular weight excluding hydrogens is 271 g/mol. The lowest BCUT2D eigenvalue weighted by Crippen LogP contribution is -2.47. The molecule has 5 heteroatoms. The third-order valence-corrected chi connectivity index (χ3v) is 3.95. The van der Waals surface area contributed by atoms with E-state index in [2.05, 4.69) is 11.9 Å². The summed E-state index contributed by atoms with van der Waals surface area (Å²) in [6, 6.07) is 5.31. The lowest BCUT2D eigenvalue weighted by atomic mass is 10.1. The summed E-state index contributed by atoms with van der Waals surface area (Å²) in [6.45, 7) is 3.39. The molecule has 1 saturated heterocycles. The highest BCUT2D eigenvalue weighted by molar-refractivity contribution is 6.36. The molecule has 2 rings (SSSR count). The first-order chi connectivity index (χ1) is 8.58. The molecule has 3 nitrogen and oxygen atoms in total. The number of carbonyl (C=O) groups is 1. The van der Waals surface area contributed by atoms with Crippen molar-refractivity contribution in [3.05, 3.63) is 33.8 Å². The number of hydrogen-bond acceptors (Lipinski definition) is 2. The Bertz CT molecular complexity index is 422. The number of amides is 1. The van der Waals surface area contributed by atoms with Gasteiger partial charge in [-0.05, 0) is 24.7 Å². The van der Waals surface area contributed by atoms with Gasteiger partial charge in [-0.25, -0.2) is 0 Å². The Hall–Kier alpha value is -0.770. The lowest BCUT2D eigenvalue weighted by molar-refractivity contribution is -0.132. The quantitative estimate of drug-likeness (QED) is 0.833. The van der Waals surface area contributed by atoms with Crippen LogP contribution in [-0.2, 0) is 11.2 Å². The molecule has 0 radical (unpaired) electrons. The van der Waals surface area contributed by atoms with Crippen LogP contribution in [0.4, 0.5) is 0 Å². The van der Waals surface area contributed by atoms with Crippen LogP contribution in [0.2, 0.25) is 10.0 Å². The van der Waals surface area contributed by atoms with Crippen molar-refractivity contribution in [3.8, 4) is 0 Å². The van der Waals surface area contributed by atoms with E-state index < -0.39 is 0 Å². The maximum Gasteiger partial charge on any atom is 0.227 e. The first-order valence-electron chi connectivity index (χ1n) is 5.97. The van der Waals surface area contributed by atoms with Crippen LogP contribution in [0.15, 0.2) is 18.2 Å². The molecule has 0 saturated carbocycles. The summed E-state index contributed by atoms with van der Waals surface area (Å²) in [5.41, 5.74) is 0.727. The average Bonchev–Trinajstić information content (AvgIpc) is 2.34. The summed E-state index contributed by atoms with van der Waals surface area (Å²) in [5.74, 6) is 0.0955. The van der Waals surface area contributed by atoms with E-state index in [0.717, 1.165) is 31.7 Å². The van der Waals surface area contributed by atoms with Gasteiger partial charge >= 0.3 is 0 Å². The summed E-state index contributed by atoms with van der Waals surface area (Å²) in [4.78, 5) is 16.3. The van der Waals surface area contributed by atoms with E-state index in [1.807, 2.05) is 4.90 Å². The number of likely N-dealkylation sites (N-methyl/N-ethyl adjacent to an activating group) is 1. The zero-order chi connectivity index (χ0) is 13.1. The van der Waals surface area contributed by atoms with Crippen LogP contribution in [0.5, 0.6) is 0 Å². The molecule has 1 aliphatic heterocycles. The van der Waals surface area contributed by atoms with Crippen molar-refractivity contribution in [1.82, 2.24) is 9.80 Å². The smallest absolute Gasteiger partial charge is 0.227 e. The van der Waals surface area contributed by atoms with Crippen LogP contribution in [0, 0.1) is 0 Å². The van der Waals surface area contributed by atoms with Gasteiger partial charge < -0.3 is 9.80 Å². The zero-order valence-corrected chi connectivity index (χ0v) is 11.8. The molecule has 1 aromatic carbocycles. The summed E-state index contributed by atoms with van der Waals surface area (Å²) < 4.78 is 0. The molecule has 98 valence electrons. The van der Waals surface area contributed by atoms with Crippen molar-refractivity contribution in [1.29, 1.82) is 0 Å². The molecule has 0 unspecified atom stereocenters. The first kappa shape index (κ1) is 13.7. The van der Waals surface area contributed by atoms with Gasteiger partial charge in [0.2, 0.25) is 5.91 Å². The number of hydrogen-bond donors (Lipinski definition) is 0. The fraction of sp³-hybridized carbons (Fsp3) is 0.462. The van der Waals surface area contributed by atoms with Gasteiger partial charge in [0.25, 0.3) is 0 Å². The second-order valence-electron chi connectivity index (χ2n) is 4.56. The molecule has 1 amide bonds. The maximum absolute atomic E-state index is 12.2. The topological polar surface area (TPSA) is 23.6 Å². The van der Waals surface area contributed by atoms with E-state index >= 15 is 0 Å². The number of nitrogens with zero attached hydrogens (tertiary/aromatic N) is 2. The Balaban J connectivity index is 2.03. The largest absolute Gasteiger partial charge is 0.340 e. The molecule has 1 aromatic rings. The van der Waals surface area contributed by atoms with Gasteiger partial charge in [0.05, 0.1) is 6.42 Å². The number of carbonyl (C=O) groups excluding carboxylic acids is 1. The second-order valence-corrected chi connectivity index (χ2v) is 5.38. The molecule has 0 N–H and O–H groups in total. The van der Waals surface area contributed by atoms with Crippen molar-refractivity contribution in [2.45, 2.75) is 6.42 Å². The predicted octanol–water partition coefficient (Wildman–Crippen LogP) is 2.31. The minimum Gasteiger partial charge on any atom is -0.340 e. The molecular formula is C13H16Cl2N2O. The maximum atomic E-state index is 12.2. The van der Waals surface area contributed by atoms with Crippen LogP contribution < -0.4 is 0 Å². The molecule has 0 aliphatic carbocycles. The SMILES string of the molecule is CN1CCN(C(=O)Cc2c(Cl)cccc2Cl)CC1. The third-order valence-electron chi connectivity index (χ3n) is 3.25. The number of benzene rings is 1. The summed E-state index contributed by atoms with van der Waals surface area (Å²) in [6.07, 6.45) is 0.280. The first-order valence-corrected chi connectivity index (χ1v) is 6.72. The van der Waals surface area contributed by atoms with E-state index in [1.165, 1.54) is 0 Å². The van der Waals surface area contributed by atoms with Gasteiger partial charge in [0.1, 0.15) is 0 Å². The van der Waals surface area contributed by atoms with Gasteiger partial charge in [-0.15, -0.1) is 0 Å². The van der Waals surface area contributed by atoms with E-state index in [4.69, 9.17) is 23.2 Å². The monoisotopic (exact) mass is 286 g/mol. The Morgan fingerprint density at radius 2 is 1.72 bits per heavy atom. The fourth-order valence-electron chi connectivity index (χ4n) is 2.02. The number of piperazine rings is 1. The van der Waals surface area contributed by atoms with Crippen LogP contribution >= 0.6 is 23.2 Å². The summed E-state index contributed by atoms with van der Waals surface area (Å²) in [5, 5.41) is 1.12. The third kappa shape index (κ3) is 3.16. The molecule has 0 bridgehead atoms. The van der Waals surface area contributed by atoms with Gasteiger partial charge in [0.15, 0.2) is 0 Å². The van der Waals surface area contributed by atoms with Crippen LogP contribution in [0.25, 0.3) is 0 Å². The van der Waals surface area contributed by atoms with Crippen molar-refractivity contribution in [3.63, 3.8) is 0 Å². The Morgan fingerprint density at radius 3 is 2.28 bits per heavy atom. The minimum atomic E-state index is 0.0955. The molecule has 1 heterocycles. The predicted molar refractivity (Wildman–Crippen MR) is 74.2 cm³/mol. The summed E-state index contributed by atoms with van der Waals surface area (Å²) in [7, 11) is 2.06. The summed E-state index contributed by atoms with van der Waals surface area (Å²) >= 11 is 12.1. The van der Waals surface area contributed by atoms with Crippen LogP contribution in [-0.4, -0.2) is 48.9 Å². The van der Waals surface area contributed by atoms with Crippen molar-refractivity contribution in [2.24, 2.45) is 0 Å². The highest BCUT2D eigenvalue weighted by atomic mass is 35.5. The lowest BCUT2D eigenvalue weighted by Gasteiger charge is -2.32. The Morgan fingerprint density at radius 1 is 1.17 bits per heavy atom. The van der Waals surface area contributed by atoms with Crippen LogP contribution in [0.3, 0.4) is 0 Å². The molecule has 1 aliphatic rings. The number of rotatable bonds is 2. The van der Waals surface area contributed by atoms with Gasteiger partial charge in [-0.1, -0.05) is 29.3 Å². The van der Waals surface area contributed by atoms with E-state index in [1.54, 1.807) is 18.2 Å². The highest BCUT2D eigenvalue weighted by Gasteiger charge is 2.20. The highest BCUT2D eigenvalue weighted by Crippen LogP contribution is 2.25. The van der Waals surface area contributed by atoms with E-state index in [-0.39, 0.29) is 12.3 Å². The molecule has 1 fully saturated rings. The molecule has 18 heavy (non-hydrogen) atoms. The Labute approximate surface area is 117 Å². The van der Waals surface area contributed by atoms with Gasteiger partial charge in [-0.3, -0.25) is 4.79 Å². The van der Waals surface area contributed by atoms with Crippen molar-refractivity contribution >= 4 is 29.1 Å². The van der Waals surface area contributed by atoms with Gasteiger partial charge in [0, 0.05) is 36.2 Å². The van der Waals surface area contributed by atoms with Crippen molar-refractivity contribution in [2.75, 3.05) is 33.2 Å². The zero-order valence-electron chi connectivity index (χ0n) is 10.3. The van der Waals surface area contributed by atoms with E-state index in [0.29, 0.717) is 10.0 Å². The van der Waals surface area contributed by atoms with Crippen molar-refractivity contribution < 1.29 is 4.79 Å². The fourth-order valence-corrected chi connectivity index (χ4v) is 2.55.